The molecule has 0 bridgehead atoms. The van der Waals surface area contributed by atoms with Gasteiger partial charge in [-0.05, 0) is 57.2 Å². The molecule has 0 fully saturated rings. The van der Waals surface area contributed by atoms with E-state index in [0.717, 1.165) is 17.9 Å². The number of hydrogen-bond donors (Lipinski definition) is 3. The van der Waals surface area contributed by atoms with Gasteiger partial charge in [-0.1, -0.05) is 29.8 Å². The average molecular weight is 475 g/mol. The molecule has 0 aliphatic rings. The smallest absolute Gasteiger partial charge is 0.271 e. The zero-order valence-electron chi connectivity index (χ0n) is 17.8. The summed E-state index contributed by atoms with van der Waals surface area (Å²) in [5.41, 5.74) is 7.16. The van der Waals surface area contributed by atoms with Crippen molar-refractivity contribution in [1.29, 1.82) is 0 Å². The van der Waals surface area contributed by atoms with Crippen LogP contribution >= 0.6 is 11.6 Å². The number of para-hydroxylation sites is 1. The average Bonchev–Trinajstić information content (AvgIpc) is 3.06. The van der Waals surface area contributed by atoms with Crippen LogP contribution in [0.5, 0.6) is 0 Å². The van der Waals surface area contributed by atoms with E-state index in [9.17, 15) is 18.0 Å². The molecular formula is C22H23ClN4O4S. The molecule has 0 saturated carbocycles. The maximum Gasteiger partial charge on any atom is 0.271 e. The lowest BCUT2D eigenvalue weighted by atomic mass is 10.2. The molecule has 0 atom stereocenters. The van der Waals surface area contributed by atoms with Gasteiger partial charge in [0.2, 0.25) is 0 Å². The molecule has 0 aliphatic heterocycles. The maximum absolute atomic E-state index is 12.7. The van der Waals surface area contributed by atoms with Gasteiger partial charge in [0.1, 0.15) is 0 Å². The Kier molecular flexibility index (Phi) is 6.90. The summed E-state index contributed by atoms with van der Waals surface area (Å²) in [7, 11) is -3.98. The third-order valence-corrected chi connectivity index (χ3v) is 6.64. The van der Waals surface area contributed by atoms with E-state index >= 15 is 0 Å². The van der Waals surface area contributed by atoms with Gasteiger partial charge in [0.15, 0.2) is 0 Å². The molecule has 0 radical (unpaired) electrons. The quantitative estimate of drug-likeness (QED) is 0.473. The Morgan fingerprint density at radius 3 is 2.31 bits per heavy atom. The molecule has 3 N–H and O–H groups in total. The van der Waals surface area contributed by atoms with Gasteiger partial charge >= 0.3 is 0 Å². The number of sulfonamides is 1. The molecular weight excluding hydrogens is 452 g/mol. The zero-order valence-corrected chi connectivity index (χ0v) is 19.3. The van der Waals surface area contributed by atoms with E-state index in [1.54, 1.807) is 24.3 Å². The normalized spacial score (nSPS) is 11.1. The van der Waals surface area contributed by atoms with Crippen LogP contribution in [0.2, 0.25) is 5.02 Å². The van der Waals surface area contributed by atoms with Crippen molar-refractivity contribution in [2.24, 2.45) is 0 Å². The molecule has 32 heavy (non-hydrogen) atoms. The first-order valence-corrected chi connectivity index (χ1v) is 11.6. The second kappa shape index (κ2) is 9.46. The Morgan fingerprint density at radius 2 is 1.66 bits per heavy atom. The van der Waals surface area contributed by atoms with Crippen LogP contribution in [-0.2, 0) is 16.6 Å². The number of rotatable bonds is 6. The number of amides is 2. The highest BCUT2D eigenvalue weighted by Gasteiger charge is 2.19. The summed E-state index contributed by atoms with van der Waals surface area (Å²) in [5.74, 6) is -1.12. The van der Waals surface area contributed by atoms with Crippen LogP contribution in [0.3, 0.4) is 0 Å². The lowest BCUT2D eigenvalue weighted by molar-refractivity contribution is 0.0846. The van der Waals surface area contributed by atoms with Crippen molar-refractivity contribution in [3.05, 3.63) is 82.1 Å². The fourth-order valence-electron chi connectivity index (χ4n) is 3.32. The molecule has 3 aromatic rings. The van der Waals surface area contributed by atoms with E-state index in [4.69, 9.17) is 11.6 Å². The maximum atomic E-state index is 12.7. The summed E-state index contributed by atoms with van der Waals surface area (Å²) in [5, 5.41) is 0.245. The van der Waals surface area contributed by atoms with E-state index in [-0.39, 0.29) is 21.2 Å². The number of hydrogen-bond acceptors (Lipinski definition) is 4. The number of carbonyl (C=O) groups excluding carboxylic acids is 2. The summed E-state index contributed by atoms with van der Waals surface area (Å²) in [6.45, 7) is 6.42. The molecule has 8 nitrogen and oxygen atoms in total. The van der Waals surface area contributed by atoms with E-state index in [0.29, 0.717) is 5.56 Å². The summed E-state index contributed by atoms with van der Waals surface area (Å²) < 4.78 is 29.8. The van der Waals surface area contributed by atoms with E-state index in [1.807, 2.05) is 25.3 Å². The number of nitrogens with zero attached hydrogens (tertiary/aromatic N) is 1. The first-order valence-electron chi connectivity index (χ1n) is 9.79. The summed E-state index contributed by atoms with van der Waals surface area (Å²) in [6, 6.07) is 13.6. The van der Waals surface area contributed by atoms with Crippen LogP contribution in [0.4, 0.5) is 5.69 Å². The van der Waals surface area contributed by atoms with Crippen molar-refractivity contribution in [3.8, 4) is 0 Å². The van der Waals surface area contributed by atoms with Gasteiger partial charge in [0.25, 0.3) is 21.8 Å². The van der Waals surface area contributed by atoms with Crippen molar-refractivity contribution in [3.63, 3.8) is 0 Å². The Hall–Kier alpha value is -3.30. The molecule has 0 unspecified atom stereocenters. The number of benzene rings is 2. The van der Waals surface area contributed by atoms with Crippen LogP contribution in [-0.4, -0.2) is 24.8 Å². The standard InChI is InChI=1S/C22H23ClN4O4S/c1-4-27-14(2)12-18(15(27)3)22(29)25-24-21(28)16-8-7-9-17(13-16)32(30,31)26-20-11-6-5-10-19(20)23/h5-13,26H,4H2,1-3H3,(H,24,28)(H,25,29). The van der Waals surface area contributed by atoms with E-state index in [1.165, 1.54) is 30.3 Å². The molecule has 0 aliphatic carbocycles. The number of hydrazine groups is 1. The molecule has 0 spiro atoms. The van der Waals surface area contributed by atoms with Crippen LogP contribution < -0.4 is 15.6 Å². The third kappa shape index (κ3) is 4.95. The third-order valence-electron chi connectivity index (χ3n) is 4.95. The van der Waals surface area contributed by atoms with Crippen LogP contribution in [0.15, 0.2) is 59.5 Å². The molecule has 1 heterocycles. The van der Waals surface area contributed by atoms with Gasteiger partial charge in [-0.2, -0.15) is 0 Å². The number of aromatic nitrogens is 1. The Morgan fingerprint density at radius 1 is 0.969 bits per heavy atom. The van der Waals surface area contributed by atoms with Gasteiger partial charge in [0.05, 0.1) is 21.2 Å². The van der Waals surface area contributed by atoms with Crippen molar-refractivity contribution >= 4 is 39.1 Å². The first kappa shape index (κ1) is 23.4. The number of halogens is 1. The second-order valence-corrected chi connectivity index (χ2v) is 9.14. The summed E-state index contributed by atoms with van der Waals surface area (Å²) >= 11 is 6.02. The first-order chi connectivity index (χ1) is 15.1. The van der Waals surface area contributed by atoms with E-state index in [2.05, 4.69) is 15.6 Å². The number of aryl methyl sites for hydroxylation is 1. The fraction of sp³-hybridized carbons (Fsp3) is 0.182. The largest absolute Gasteiger partial charge is 0.349 e. The van der Waals surface area contributed by atoms with Gasteiger partial charge in [-0.25, -0.2) is 8.42 Å². The van der Waals surface area contributed by atoms with Gasteiger partial charge in [-0.15, -0.1) is 0 Å². The number of anilines is 1. The fourth-order valence-corrected chi connectivity index (χ4v) is 4.69. The highest BCUT2D eigenvalue weighted by molar-refractivity contribution is 7.92. The van der Waals surface area contributed by atoms with Crippen LogP contribution in [0, 0.1) is 13.8 Å². The predicted octanol–water partition coefficient (Wildman–Crippen LogP) is 3.65. The minimum atomic E-state index is -3.98. The Bertz CT molecular complexity index is 1280. The van der Waals surface area contributed by atoms with Crippen LogP contribution in [0.25, 0.3) is 0 Å². The van der Waals surface area contributed by atoms with Crippen molar-refractivity contribution < 1.29 is 18.0 Å². The number of carbonyl (C=O) groups is 2. The summed E-state index contributed by atoms with van der Waals surface area (Å²) in [4.78, 5) is 24.9. The SMILES string of the molecule is CCn1c(C)cc(C(=O)NNC(=O)c2cccc(S(=O)(=O)Nc3ccccc3Cl)c2)c1C. The molecule has 168 valence electrons. The lowest BCUT2D eigenvalue weighted by Gasteiger charge is -2.11. The lowest BCUT2D eigenvalue weighted by Crippen LogP contribution is -2.41. The minimum Gasteiger partial charge on any atom is -0.349 e. The Balaban J connectivity index is 1.73. The monoisotopic (exact) mass is 474 g/mol. The second-order valence-electron chi connectivity index (χ2n) is 7.05. The van der Waals surface area contributed by atoms with Gasteiger partial charge in [0, 0.05) is 23.5 Å². The minimum absolute atomic E-state index is 0.0614. The zero-order chi connectivity index (χ0) is 23.5. The molecule has 1 aromatic heterocycles. The number of nitrogens with one attached hydrogen (secondary N) is 3. The summed E-state index contributed by atoms with van der Waals surface area (Å²) in [6.07, 6.45) is 0. The highest BCUT2D eigenvalue weighted by Crippen LogP contribution is 2.24. The molecule has 10 heteroatoms. The molecule has 2 aromatic carbocycles. The molecule has 2 amide bonds. The van der Waals surface area contributed by atoms with Crippen LogP contribution in [0.1, 0.15) is 39.0 Å². The van der Waals surface area contributed by atoms with Gasteiger partial charge < -0.3 is 4.57 Å². The van der Waals surface area contributed by atoms with E-state index < -0.39 is 21.8 Å². The predicted molar refractivity (Wildman–Crippen MR) is 123 cm³/mol. The van der Waals surface area contributed by atoms with Crippen molar-refractivity contribution in [2.75, 3.05) is 4.72 Å². The van der Waals surface area contributed by atoms with Crippen molar-refractivity contribution in [2.45, 2.75) is 32.2 Å². The molecule has 3 rings (SSSR count). The Labute approximate surface area is 191 Å². The van der Waals surface area contributed by atoms with Crippen molar-refractivity contribution in [1.82, 2.24) is 15.4 Å². The topological polar surface area (TPSA) is 109 Å². The highest BCUT2D eigenvalue weighted by atomic mass is 35.5. The van der Waals surface area contributed by atoms with Gasteiger partial charge in [-0.3, -0.25) is 25.2 Å². The molecule has 0 saturated heterocycles.